The van der Waals surface area contributed by atoms with E-state index in [-0.39, 0.29) is 18.4 Å². The van der Waals surface area contributed by atoms with Crippen molar-refractivity contribution in [2.75, 3.05) is 33.9 Å². The van der Waals surface area contributed by atoms with E-state index in [4.69, 9.17) is 14.6 Å². The molecule has 13 heteroatoms. The standard InChI is InChI=1S/C17H26N6O2.C2HF3O2/c1-20(2)17(24)13-25-12-15-9-22(8-14-6-19-21(3)7-14)11-16-4-5-18-23(16)10-15;3-2(4,5)1(6)7/h4-7,15H,8-13H2,1-3H3;(H,6,7). The van der Waals surface area contributed by atoms with Gasteiger partial charge < -0.3 is 14.7 Å². The quantitative estimate of drug-likeness (QED) is 0.685. The lowest BCUT2D eigenvalue weighted by Crippen LogP contribution is -2.32. The molecule has 10 nitrogen and oxygen atoms in total. The lowest BCUT2D eigenvalue weighted by Gasteiger charge is -2.23. The minimum absolute atomic E-state index is 0.0133. The number of nitrogens with zero attached hydrogens (tertiary/aromatic N) is 6. The van der Waals surface area contributed by atoms with Gasteiger partial charge in [0.25, 0.3) is 0 Å². The Bertz CT molecular complexity index is 896. The third kappa shape index (κ3) is 7.96. The number of amides is 1. The van der Waals surface area contributed by atoms with Gasteiger partial charge in [0.05, 0.1) is 18.5 Å². The number of hydrogen-bond acceptors (Lipinski definition) is 6. The van der Waals surface area contributed by atoms with E-state index in [9.17, 15) is 18.0 Å². The number of rotatable bonds is 6. The van der Waals surface area contributed by atoms with E-state index in [2.05, 4.69) is 21.2 Å². The van der Waals surface area contributed by atoms with Gasteiger partial charge in [0, 0.05) is 71.2 Å². The van der Waals surface area contributed by atoms with E-state index in [1.165, 1.54) is 11.3 Å². The van der Waals surface area contributed by atoms with Gasteiger partial charge in [0.15, 0.2) is 0 Å². The van der Waals surface area contributed by atoms with E-state index in [1.54, 1.807) is 19.0 Å². The summed E-state index contributed by atoms with van der Waals surface area (Å²) in [5.74, 6) is -2.49. The Morgan fingerprint density at radius 2 is 1.97 bits per heavy atom. The van der Waals surface area contributed by atoms with Crippen molar-refractivity contribution < 1.29 is 32.6 Å². The van der Waals surface area contributed by atoms with Gasteiger partial charge in [-0.2, -0.15) is 23.4 Å². The molecule has 0 saturated carbocycles. The van der Waals surface area contributed by atoms with E-state index in [1.807, 2.05) is 35.0 Å². The summed E-state index contributed by atoms with van der Waals surface area (Å²) in [7, 11) is 5.41. The molecule has 0 fully saturated rings. The summed E-state index contributed by atoms with van der Waals surface area (Å²) in [5.41, 5.74) is 2.40. The second-order valence-corrected chi connectivity index (χ2v) is 7.67. The van der Waals surface area contributed by atoms with Crippen molar-refractivity contribution in [2.24, 2.45) is 13.0 Å². The smallest absolute Gasteiger partial charge is 0.475 e. The number of hydrogen-bond donors (Lipinski definition) is 1. The number of likely N-dealkylation sites (N-methyl/N-ethyl adjacent to an activating group) is 1. The summed E-state index contributed by atoms with van der Waals surface area (Å²) in [5, 5.41) is 15.8. The molecule has 1 aliphatic rings. The fourth-order valence-corrected chi connectivity index (χ4v) is 3.10. The van der Waals surface area contributed by atoms with Gasteiger partial charge in [0.2, 0.25) is 5.91 Å². The van der Waals surface area contributed by atoms with Crippen LogP contribution in [0.1, 0.15) is 11.3 Å². The Morgan fingerprint density at radius 1 is 1.28 bits per heavy atom. The normalized spacial score (nSPS) is 16.5. The number of carbonyl (C=O) groups is 2. The number of ether oxygens (including phenoxy) is 1. The van der Waals surface area contributed by atoms with E-state index >= 15 is 0 Å². The SMILES string of the molecule is CN(C)C(=O)COCC1CN(Cc2cnn(C)c2)Cc2ccnn2C1.O=C(O)C(F)(F)F. The molecule has 178 valence electrons. The van der Waals surface area contributed by atoms with Crippen molar-refractivity contribution in [1.82, 2.24) is 29.4 Å². The number of aryl methyl sites for hydroxylation is 1. The summed E-state index contributed by atoms with van der Waals surface area (Å²) in [6.45, 7) is 4.06. The highest BCUT2D eigenvalue weighted by Crippen LogP contribution is 2.18. The van der Waals surface area contributed by atoms with Crippen LogP contribution in [0.5, 0.6) is 0 Å². The van der Waals surface area contributed by atoms with Gasteiger partial charge >= 0.3 is 12.1 Å². The summed E-state index contributed by atoms with van der Waals surface area (Å²) in [6.07, 6.45) is 0.712. The lowest BCUT2D eigenvalue weighted by molar-refractivity contribution is -0.192. The van der Waals surface area contributed by atoms with Gasteiger partial charge in [-0.15, -0.1) is 0 Å². The van der Waals surface area contributed by atoms with E-state index in [0.29, 0.717) is 6.61 Å². The zero-order valence-corrected chi connectivity index (χ0v) is 18.1. The molecule has 0 aliphatic carbocycles. The minimum atomic E-state index is -5.08. The number of carboxylic acid groups (broad SMARTS) is 1. The number of carbonyl (C=O) groups excluding carboxylic acids is 1. The Kier molecular flexibility index (Phi) is 8.78. The van der Waals surface area contributed by atoms with Crippen LogP contribution in [0.2, 0.25) is 0 Å². The van der Waals surface area contributed by atoms with Gasteiger partial charge in [-0.25, -0.2) is 4.79 Å². The minimum Gasteiger partial charge on any atom is -0.475 e. The molecule has 3 heterocycles. The first-order valence-corrected chi connectivity index (χ1v) is 9.74. The first-order chi connectivity index (χ1) is 15.0. The molecular weight excluding hydrogens is 433 g/mol. The van der Waals surface area contributed by atoms with Crippen LogP contribution < -0.4 is 0 Å². The largest absolute Gasteiger partial charge is 0.490 e. The molecule has 1 atom stereocenters. The van der Waals surface area contributed by atoms with Crippen molar-refractivity contribution >= 4 is 11.9 Å². The van der Waals surface area contributed by atoms with Crippen LogP contribution in [0.15, 0.2) is 24.7 Å². The summed E-state index contributed by atoms with van der Waals surface area (Å²) in [4.78, 5) is 24.5. The first kappa shape index (κ1) is 25.3. The third-order valence-corrected chi connectivity index (χ3v) is 4.62. The number of aromatic nitrogens is 4. The van der Waals surface area contributed by atoms with Crippen molar-refractivity contribution in [3.8, 4) is 0 Å². The fraction of sp³-hybridized carbons (Fsp3) is 0.579. The zero-order chi connectivity index (χ0) is 23.9. The molecule has 1 N–H and O–H groups in total. The molecule has 0 saturated heterocycles. The molecule has 0 bridgehead atoms. The maximum absolute atomic E-state index is 11.7. The van der Waals surface area contributed by atoms with Crippen molar-refractivity contribution in [1.29, 1.82) is 0 Å². The van der Waals surface area contributed by atoms with Gasteiger partial charge in [-0.05, 0) is 6.07 Å². The molecule has 1 unspecified atom stereocenters. The number of alkyl halides is 3. The van der Waals surface area contributed by atoms with Gasteiger partial charge in [-0.3, -0.25) is 19.1 Å². The van der Waals surface area contributed by atoms with Gasteiger partial charge in [-0.1, -0.05) is 0 Å². The number of halogens is 3. The second-order valence-electron chi connectivity index (χ2n) is 7.67. The number of aliphatic carboxylic acids is 1. The Labute approximate surface area is 183 Å². The van der Waals surface area contributed by atoms with Crippen molar-refractivity contribution in [3.63, 3.8) is 0 Å². The molecule has 0 radical (unpaired) electrons. The van der Waals surface area contributed by atoms with Crippen LogP contribution in [-0.2, 0) is 41.0 Å². The molecule has 32 heavy (non-hydrogen) atoms. The highest BCUT2D eigenvalue weighted by Gasteiger charge is 2.38. The van der Waals surface area contributed by atoms with E-state index < -0.39 is 12.1 Å². The fourth-order valence-electron chi connectivity index (χ4n) is 3.10. The average Bonchev–Trinajstić information content (AvgIpc) is 3.26. The Hall–Kier alpha value is -2.93. The van der Waals surface area contributed by atoms with Crippen LogP contribution in [0.3, 0.4) is 0 Å². The number of fused-ring (bicyclic) bond motifs is 1. The Balaban J connectivity index is 0.000000451. The molecule has 0 aromatic carbocycles. The average molecular weight is 460 g/mol. The summed E-state index contributed by atoms with van der Waals surface area (Å²) < 4.78 is 41.3. The van der Waals surface area contributed by atoms with Crippen LogP contribution in [0.4, 0.5) is 13.2 Å². The molecule has 3 rings (SSSR count). The molecule has 0 spiro atoms. The third-order valence-electron chi connectivity index (χ3n) is 4.62. The first-order valence-electron chi connectivity index (χ1n) is 9.74. The monoisotopic (exact) mass is 460 g/mol. The zero-order valence-electron chi connectivity index (χ0n) is 18.1. The highest BCUT2D eigenvalue weighted by atomic mass is 19.4. The van der Waals surface area contributed by atoms with Gasteiger partial charge in [0.1, 0.15) is 6.61 Å². The predicted molar refractivity (Wildman–Crippen MR) is 106 cm³/mol. The maximum Gasteiger partial charge on any atom is 0.490 e. The Morgan fingerprint density at radius 3 is 2.53 bits per heavy atom. The summed E-state index contributed by atoms with van der Waals surface area (Å²) >= 11 is 0. The number of carboxylic acids is 1. The van der Waals surface area contributed by atoms with Crippen molar-refractivity contribution in [2.45, 2.75) is 25.8 Å². The molecule has 2 aromatic rings. The van der Waals surface area contributed by atoms with Crippen LogP contribution in [0.25, 0.3) is 0 Å². The van der Waals surface area contributed by atoms with Crippen LogP contribution in [-0.4, -0.2) is 86.4 Å². The second kappa shape index (κ2) is 11.1. The van der Waals surface area contributed by atoms with Crippen LogP contribution in [0, 0.1) is 5.92 Å². The highest BCUT2D eigenvalue weighted by molar-refractivity contribution is 5.76. The lowest BCUT2D eigenvalue weighted by atomic mass is 10.1. The summed E-state index contributed by atoms with van der Waals surface area (Å²) in [6, 6.07) is 2.06. The van der Waals surface area contributed by atoms with Crippen LogP contribution >= 0.6 is 0 Å². The molecule has 1 amide bonds. The van der Waals surface area contributed by atoms with Crippen molar-refractivity contribution in [3.05, 3.63) is 35.9 Å². The topological polar surface area (TPSA) is 106 Å². The molecular formula is C19H27F3N6O4. The maximum atomic E-state index is 11.7. The molecule has 2 aromatic heterocycles. The van der Waals surface area contributed by atoms with E-state index in [0.717, 1.165) is 26.2 Å². The predicted octanol–water partition coefficient (Wildman–Crippen LogP) is 0.987. The molecule has 1 aliphatic heterocycles.